The summed E-state index contributed by atoms with van der Waals surface area (Å²) in [4.78, 5) is 9.69. The Balaban J connectivity index is 1.12. The van der Waals surface area contributed by atoms with Crippen LogP contribution in [0.2, 0.25) is 0 Å². The van der Waals surface area contributed by atoms with Crippen molar-refractivity contribution in [2.45, 2.75) is 112 Å². The Bertz CT molecular complexity index is 3220. The number of rotatable bonds is 6. The molecule has 0 atom stereocenters. The summed E-state index contributed by atoms with van der Waals surface area (Å²) in [6, 6.07) is 42.2. The first-order valence-corrected chi connectivity index (χ1v) is 22.7. The fourth-order valence-electron chi connectivity index (χ4n) is 8.89. The van der Waals surface area contributed by atoms with Gasteiger partial charge in [0.1, 0.15) is 29.8 Å². The molecule has 0 aliphatic carbocycles. The van der Waals surface area contributed by atoms with E-state index in [2.05, 4.69) is 147 Å². The standard InChI is InChI=1S/C59H63FN4O/c1-37-26-55(61-35-50(37)38-16-14-17-39(27-38)56(2,3)4)64-52-32-43(60)21-23-48(52)49-24-22-47(34-53(49)64)65-46-19-15-18-44(33-46)62-36-63(54-31-40(57(5,6)7)20-25-51(54)62)45-29-41(58(8,9)10)28-42(30-45)59(11,12)13/h14-35H,36H2,1-13H3/i1D3. The van der Waals surface area contributed by atoms with Gasteiger partial charge in [-0.15, -0.1) is 0 Å². The van der Waals surface area contributed by atoms with Gasteiger partial charge in [0.15, 0.2) is 0 Å². The molecule has 2 aromatic heterocycles. The highest BCUT2D eigenvalue weighted by molar-refractivity contribution is 6.09. The number of pyridine rings is 1. The molecule has 6 aromatic carbocycles. The first-order chi connectivity index (χ1) is 31.7. The van der Waals surface area contributed by atoms with Crippen LogP contribution in [-0.4, -0.2) is 16.2 Å². The van der Waals surface area contributed by atoms with Crippen LogP contribution in [0.25, 0.3) is 38.8 Å². The van der Waals surface area contributed by atoms with Gasteiger partial charge in [-0.1, -0.05) is 126 Å². The summed E-state index contributed by atoms with van der Waals surface area (Å²) in [6.07, 6.45) is 1.63. The van der Waals surface area contributed by atoms with E-state index in [4.69, 9.17) is 13.8 Å². The third-order valence-electron chi connectivity index (χ3n) is 12.9. The Morgan fingerprint density at radius 2 is 1.15 bits per heavy atom. The smallest absolute Gasteiger partial charge is 0.137 e. The van der Waals surface area contributed by atoms with Crippen LogP contribution in [0, 0.1) is 12.7 Å². The molecule has 9 rings (SSSR count). The van der Waals surface area contributed by atoms with Gasteiger partial charge >= 0.3 is 0 Å². The van der Waals surface area contributed by atoms with Crippen molar-refractivity contribution in [2.24, 2.45) is 0 Å². The summed E-state index contributed by atoms with van der Waals surface area (Å²) < 4.78 is 49.7. The number of hydrogen-bond donors (Lipinski definition) is 0. The van der Waals surface area contributed by atoms with Gasteiger partial charge in [-0.05, 0) is 135 Å². The van der Waals surface area contributed by atoms with Gasteiger partial charge < -0.3 is 14.5 Å². The lowest BCUT2D eigenvalue weighted by molar-refractivity contribution is 0.483. The summed E-state index contributed by atoms with van der Waals surface area (Å²) >= 11 is 0. The van der Waals surface area contributed by atoms with Gasteiger partial charge in [0.05, 0.1) is 22.4 Å². The first kappa shape index (κ1) is 40.1. The van der Waals surface area contributed by atoms with Crippen LogP contribution in [0.15, 0.2) is 134 Å². The number of ether oxygens (including phenoxy) is 1. The van der Waals surface area contributed by atoms with Gasteiger partial charge in [-0.25, -0.2) is 9.37 Å². The summed E-state index contributed by atoms with van der Waals surface area (Å²) in [7, 11) is 0. The SMILES string of the molecule is [2H]C([2H])([2H])c1cc(-n2c3cc(F)ccc3c3ccc(Oc4cccc(N5CN(c6cc(C(C)(C)C)cc(C(C)(C)C)c6)c6cc(C(C)(C)C)ccc65)c4)cc32)ncc1-c1cccc(C(C)(C)C)c1. The highest BCUT2D eigenvalue weighted by atomic mass is 19.1. The second kappa shape index (κ2) is 15.6. The molecule has 1 aliphatic heterocycles. The molecule has 0 fully saturated rings. The van der Waals surface area contributed by atoms with E-state index >= 15 is 4.39 Å². The molecule has 1 aliphatic rings. The van der Waals surface area contributed by atoms with Crippen LogP contribution in [0.4, 0.5) is 27.1 Å². The summed E-state index contributed by atoms with van der Waals surface area (Å²) in [5.74, 6) is 1.18. The predicted octanol–water partition coefficient (Wildman–Crippen LogP) is 16.5. The van der Waals surface area contributed by atoms with Crippen LogP contribution in [0.5, 0.6) is 11.5 Å². The van der Waals surface area contributed by atoms with Crippen molar-refractivity contribution >= 4 is 44.6 Å². The van der Waals surface area contributed by atoms with E-state index in [0.717, 1.165) is 44.6 Å². The van der Waals surface area contributed by atoms with Gasteiger partial charge in [0.2, 0.25) is 0 Å². The Labute approximate surface area is 389 Å². The second-order valence-corrected chi connectivity index (χ2v) is 21.9. The highest BCUT2D eigenvalue weighted by Gasteiger charge is 2.32. The minimum Gasteiger partial charge on any atom is -0.457 e. The third kappa shape index (κ3) is 8.40. The number of nitrogens with zero attached hydrogens (tertiary/aromatic N) is 4. The van der Waals surface area contributed by atoms with Crippen molar-refractivity contribution in [1.29, 1.82) is 0 Å². The quantitative estimate of drug-likeness (QED) is 0.167. The summed E-state index contributed by atoms with van der Waals surface area (Å²) in [6.45, 7) is 25.0. The molecule has 6 heteroatoms. The zero-order chi connectivity index (χ0) is 48.9. The fraction of sp³-hybridized carbons (Fsp3) is 0.305. The predicted molar refractivity (Wildman–Crippen MR) is 272 cm³/mol. The molecule has 0 spiro atoms. The van der Waals surface area contributed by atoms with E-state index in [-0.39, 0.29) is 27.2 Å². The summed E-state index contributed by atoms with van der Waals surface area (Å²) in [5, 5.41) is 1.66. The highest BCUT2D eigenvalue weighted by Crippen LogP contribution is 2.48. The number of hydrogen-bond acceptors (Lipinski definition) is 4. The second-order valence-electron chi connectivity index (χ2n) is 21.9. The van der Waals surface area contributed by atoms with Gasteiger partial charge in [-0.3, -0.25) is 4.57 Å². The lowest BCUT2D eigenvalue weighted by Crippen LogP contribution is -2.25. The average molecular weight is 866 g/mol. The maximum Gasteiger partial charge on any atom is 0.137 e. The number of benzene rings is 6. The minimum atomic E-state index is -2.46. The molecule has 332 valence electrons. The van der Waals surface area contributed by atoms with E-state index in [9.17, 15) is 0 Å². The van der Waals surface area contributed by atoms with Crippen molar-refractivity contribution in [3.05, 3.63) is 167 Å². The van der Waals surface area contributed by atoms with E-state index in [1.165, 1.54) is 28.8 Å². The number of fused-ring (bicyclic) bond motifs is 4. The van der Waals surface area contributed by atoms with Crippen LogP contribution in [-0.2, 0) is 21.7 Å². The molecule has 0 saturated heterocycles. The number of aryl methyl sites for hydroxylation is 1. The van der Waals surface area contributed by atoms with Crippen molar-refractivity contribution < 1.29 is 13.2 Å². The Hall–Kier alpha value is -6.40. The van der Waals surface area contributed by atoms with Crippen molar-refractivity contribution in [3.63, 3.8) is 0 Å². The van der Waals surface area contributed by atoms with Crippen molar-refractivity contribution in [2.75, 3.05) is 16.5 Å². The molecule has 0 saturated carbocycles. The molecule has 0 unspecified atom stereocenters. The van der Waals surface area contributed by atoms with Crippen molar-refractivity contribution in [3.8, 4) is 28.4 Å². The molecule has 0 amide bonds. The van der Waals surface area contributed by atoms with Gasteiger partial charge in [0.25, 0.3) is 0 Å². The number of aromatic nitrogens is 2. The largest absolute Gasteiger partial charge is 0.457 e. The van der Waals surface area contributed by atoms with Crippen LogP contribution < -0.4 is 14.5 Å². The maximum atomic E-state index is 15.1. The third-order valence-corrected chi connectivity index (χ3v) is 12.9. The van der Waals surface area contributed by atoms with Crippen LogP contribution in [0.3, 0.4) is 0 Å². The van der Waals surface area contributed by atoms with Crippen LogP contribution in [0.1, 0.15) is 115 Å². The molecular formula is C59H63FN4O. The van der Waals surface area contributed by atoms with Gasteiger partial charge in [-0.2, -0.15) is 0 Å². The average Bonchev–Trinajstić information content (AvgIpc) is 3.80. The molecule has 0 radical (unpaired) electrons. The fourth-order valence-corrected chi connectivity index (χ4v) is 8.89. The molecule has 0 N–H and O–H groups in total. The van der Waals surface area contributed by atoms with E-state index in [0.29, 0.717) is 40.6 Å². The molecule has 5 nitrogen and oxygen atoms in total. The topological polar surface area (TPSA) is 33.5 Å². The molecular weight excluding hydrogens is 800 g/mol. The number of halogens is 1. The summed E-state index contributed by atoms with van der Waals surface area (Å²) in [5.41, 5.74) is 11.9. The Morgan fingerprint density at radius 3 is 1.83 bits per heavy atom. The first-order valence-electron chi connectivity index (χ1n) is 24.2. The maximum absolute atomic E-state index is 15.1. The normalized spacial score (nSPS) is 14.4. The molecule has 8 aromatic rings. The molecule has 65 heavy (non-hydrogen) atoms. The van der Waals surface area contributed by atoms with E-state index < -0.39 is 12.7 Å². The minimum absolute atomic E-state index is 0.0360. The lowest BCUT2D eigenvalue weighted by atomic mass is 9.80. The van der Waals surface area contributed by atoms with Crippen LogP contribution >= 0.6 is 0 Å². The zero-order valence-electron chi connectivity index (χ0n) is 43.0. The van der Waals surface area contributed by atoms with E-state index in [1.807, 2.05) is 53.1 Å². The molecule has 0 bridgehead atoms. The lowest BCUT2D eigenvalue weighted by Gasteiger charge is -2.29. The van der Waals surface area contributed by atoms with Gasteiger partial charge in [0, 0.05) is 50.2 Å². The monoisotopic (exact) mass is 866 g/mol. The Kier molecular flexibility index (Phi) is 9.66. The zero-order valence-corrected chi connectivity index (χ0v) is 40.0. The Morgan fingerprint density at radius 1 is 0.538 bits per heavy atom. The molecule has 3 heterocycles. The van der Waals surface area contributed by atoms with E-state index in [1.54, 1.807) is 18.3 Å². The van der Waals surface area contributed by atoms with Crippen molar-refractivity contribution in [1.82, 2.24) is 9.55 Å². The number of anilines is 4.